The van der Waals surface area contributed by atoms with Gasteiger partial charge in [-0.2, -0.15) is 0 Å². The highest BCUT2D eigenvalue weighted by molar-refractivity contribution is 7.12. The van der Waals surface area contributed by atoms with Crippen LogP contribution in [0.5, 0.6) is 0 Å². The van der Waals surface area contributed by atoms with Crippen molar-refractivity contribution in [1.29, 1.82) is 0 Å². The van der Waals surface area contributed by atoms with Crippen LogP contribution >= 0.6 is 11.3 Å². The van der Waals surface area contributed by atoms with Gasteiger partial charge in [0.25, 0.3) is 5.91 Å². The topological polar surface area (TPSA) is 98.8 Å². The van der Waals surface area contributed by atoms with Crippen molar-refractivity contribution in [3.8, 4) is 0 Å². The number of Topliss-reactive ketones (excluding diaryl/α,β-unsaturated/α-hetero) is 1. The Labute approximate surface area is 173 Å². The van der Waals surface area contributed by atoms with Gasteiger partial charge in [0.05, 0.1) is 19.1 Å². The van der Waals surface area contributed by atoms with E-state index in [1.165, 1.54) is 18.4 Å². The van der Waals surface area contributed by atoms with E-state index < -0.39 is 24.5 Å². The van der Waals surface area contributed by atoms with Crippen molar-refractivity contribution in [3.63, 3.8) is 0 Å². The zero-order chi connectivity index (χ0) is 21.4. The summed E-state index contributed by atoms with van der Waals surface area (Å²) in [5.74, 6) is -1.59. The fourth-order valence-electron chi connectivity index (χ4n) is 2.60. The van der Waals surface area contributed by atoms with E-state index in [0.717, 1.165) is 15.3 Å². The Morgan fingerprint density at radius 2 is 1.72 bits per heavy atom. The molecule has 0 aliphatic heterocycles. The van der Waals surface area contributed by atoms with Gasteiger partial charge in [0.1, 0.15) is 0 Å². The van der Waals surface area contributed by atoms with E-state index in [4.69, 9.17) is 4.74 Å². The number of hydrogen-bond acceptors (Lipinski definition) is 7. The molecular formula is C21H23NO6S. The summed E-state index contributed by atoms with van der Waals surface area (Å²) < 4.78 is 9.53. The zero-order valence-corrected chi connectivity index (χ0v) is 17.4. The maximum atomic E-state index is 12.2. The predicted molar refractivity (Wildman–Crippen MR) is 108 cm³/mol. The Morgan fingerprint density at radius 1 is 1.03 bits per heavy atom. The van der Waals surface area contributed by atoms with Gasteiger partial charge < -0.3 is 14.8 Å². The van der Waals surface area contributed by atoms with Gasteiger partial charge in [0.2, 0.25) is 0 Å². The molecule has 0 atom stereocenters. The number of methoxy groups -OCH3 is 1. The van der Waals surface area contributed by atoms with Gasteiger partial charge in [-0.3, -0.25) is 14.4 Å². The molecule has 0 spiro atoms. The first-order valence-electron chi connectivity index (χ1n) is 9.00. The van der Waals surface area contributed by atoms with E-state index in [9.17, 15) is 19.2 Å². The third-order valence-electron chi connectivity index (χ3n) is 4.13. The Bertz CT molecular complexity index is 900. The number of nitrogens with one attached hydrogen (secondary N) is 1. The lowest BCUT2D eigenvalue weighted by Gasteiger charge is -2.07. The number of carbonyl (C=O) groups excluding carboxylic acids is 4. The molecule has 0 unspecified atom stereocenters. The van der Waals surface area contributed by atoms with Crippen molar-refractivity contribution in [1.82, 2.24) is 5.32 Å². The predicted octanol–water partition coefficient (Wildman–Crippen LogP) is 2.97. The summed E-state index contributed by atoms with van der Waals surface area (Å²) in [7, 11) is 1.30. The standard InChI is InChI=1S/C21H23NO6S/c1-13-10-17(14(2)29-13)18(23)8-9-20(25)28-12-19(24)22-11-15-4-6-16(7-5-15)21(26)27-3/h4-7,10H,8-9,11-12H2,1-3H3,(H,22,24). The molecule has 1 aromatic carbocycles. The number of hydrogen-bond donors (Lipinski definition) is 1. The van der Waals surface area contributed by atoms with Crippen molar-refractivity contribution in [2.45, 2.75) is 33.2 Å². The van der Waals surface area contributed by atoms with E-state index in [-0.39, 0.29) is 25.2 Å². The SMILES string of the molecule is COC(=O)c1ccc(CNC(=O)COC(=O)CCC(=O)c2cc(C)sc2C)cc1. The first kappa shape index (κ1) is 22.3. The molecular weight excluding hydrogens is 394 g/mol. The molecule has 0 aliphatic rings. The number of carbonyl (C=O) groups is 4. The summed E-state index contributed by atoms with van der Waals surface area (Å²) in [5.41, 5.74) is 1.83. The quantitative estimate of drug-likeness (QED) is 0.497. The van der Waals surface area contributed by atoms with Crippen molar-refractivity contribution < 1.29 is 28.7 Å². The monoisotopic (exact) mass is 417 g/mol. The van der Waals surface area contributed by atoms with E-state index in [2.05, 4.69) is 10.1 Å². The van der Waals surface area contributed by atoms with Gasteiger partial charge in [0, 0.05) is 28.3 Å². The highest BCUT2D eigenvalue weighted by atomic mass is 32.1. The molecule has 0 fully saturated rings. The van der Waals surface area contributed by atoms with Gasteiger partial charge in [-0.1, -0.05) is 12.1 Å². The third-order valence-corrected chi connectivity index (χ3v) is 5.09. The van der Waals surface area contributed by atoms with Gasteiger partial charge in [-0.05, 0) is 37.6 Å². The largest absolute Gasteiger partial charge is 0.465 e. The average Bonchev–Trinajstić information content (AvgIpc) is 3.06. The summed E-state index contributed by atoms with van der Waals surface area (Å²) >= 11 is 1.54. The Morgan fingerprint density at radius 3 is 2.31 bits per heavy atom. The Kier molecular flexibility index (Phi) is 8.09. The van der Waals surface area contributed by atoms with Gasteiger partial charge >= 0.3 is 11.9 Å². The lowest BCUT2D eigenvalue weighted by atomic mass is 10.1. The molecule has 2 rings (SSSR count). The van der Waals surface area contributed by atoms with Gasteiger partial charge in [-0.25, -0.2) is 4.79 Å². The minimum absolute atomic E-state index is 0.0456. The molecule has 1 amide bonds. The second-order valence-corrected chi connectivity index (χ2v) is 7.84. The first-order chi connectivity index (χ1) is 13.8. The maximum Gasteiger partial charge on any atom is 0.337 e. The number of ketones is 1. The van der Waals surface area contributed by atoms with Crippen molar-refractivity contribution in [3.05, 3.63) is 56.8 Å². The van der Waals surface area contributed by atoms with Crippen LogP contribution in [0.3, 0.4) is 0 Å². The summed E-state index contributed by atoms with van der Waals surface area (Å²) in [6.07, 6.45) is -0.0283. The van der Waals surface area contributed by atoms with Crippen LogP contribution in [0, 0.1) is 13.8 Å². The number of amides is 1. The van der Waals surface area contributed by atoms with Crippen LogP contribution in [0.2, 0.25) is 0 Å². The highest BCUT2D eigenvalue weighted by Gasteiger charge is 2.15. The van der Waals surface area contributed by atoms with Crippen LogP contribution in [-0.4, -0.2) is 37.3 Å². The minimum Gasteiger partial charge on any atom is -0.465 e. The van der Waals surface area contributed by atoms with Crippen molar-refractivity contribution in [2.24, 2.45) is 0 Å². The molecule has 0 saturated carbocycles. The van der Waals surface area contributed by atoms with Gasteiger partial charge in [-0.15, -0.1) is 11.3 Å². The smallest absolute Gasteiger partial charge is 0.337 e. The number of thiophene rings is 1. The minimum atomic E-state index is -0.597. The van der Waals surface area contributed by atoms with Crippen molar-refractivity contribution in [2.75, 3.05) is 13.7 Å². The maximum absolute atomic E-state index is 12.2. The molecule has 2 aromatic rings. The molecule has 0 aliphatic carbocycles. The molecule has 0 saturated heterocycles. The fourth-order valence-corrected chi connectivity index (χ4v) is 3.55. The van der Waals surface area contributed by atoms with Crippen LogP contribution in [0.15, 0.2) is 30.3 Å². The van der Waals surface area contributed by atoms with E-state index in [0.29, 0.717) is 11.1 Å². The molecule has 8 heteroatoms. The summed E-state index contributed by atoms with van der Waals surface area (Å²) in [5, 5.41) is 2.62. The second kappa shape index (κ2) is 10.5. The zero-order valence-electron chi connectivity index (χ0n) is 16.6. The Balaban J connectivity index is 1.69. The molecule has 7 nitrogen and oxygen atoms in total. The van der Waals surface area contributed by atoms with Gasteiger partial charge in [0.15, 0.2) is 12.4 Å². The number of rotatable bonds is 9. The van der Waals surface area contributed by atoms with E-state index >= 15 is 0 Å². The first-order valence-corrected chi connectivity index (χ1v) is 9.81. The molecule has 154 valence electrons. The van der Waals surface area contributed by atoms with Crippen LogP contribution in [0.4, 0.5) is 0 Å². The summed E-state index contributed by atoms with van der Waals surface area (Å²) in [6.45, 7) is 3.61. The van der Waals surface area contributed by atoms with Crippen LogP contribution < -0.4 is 5.32 Å². The summed E-state index contributed by atoms with van der Waals surface area (Å²) in [4.78, 5) is 49.1. The summed E-state index contributed by atoms with van der Waals surface area (Å²) in [6, 6.07) is 8.40. The van der Waals surface area contributed by atoms with Crippen LogP contribution in [-0.2, 0) is 25.6 Å². The molecule has 1 N–H and O–H groups in total. The lowest BCUT2D eigenvalue weighted by molar-refractivity contribution is -0.148. The highest BCUT2D eigenvalue weighted by Crippen LogP contribution is 2.22. The fraction of sp³-hybridized carbons (Fsp3) is 0.333. The third kappa shape index (κ3) is 6.83. The molecule has 1 heterocycles. The second-order valence-electron chi connectivity index (χ2n) is 6.38. The van der Waals surface area contributed by atoms with Crippen LogP contribution in [0.1, 0.15) is 48.9 Å². The van der Waals surface area contributed by atoms with E-state index in [1.54, 1.807) is 24.3 Å². The number of ether oxygens (including phenoxy) is 2. The average molecular weight is 417 g/mol. The number of esters is 2. The molecule has 1 aromatic heterocycles. The number of benzene rings is 1. The molecule has 0 radical (unpaired) electrons. The Hall–Kier alpha value is -3.00. The molecule has 29 heavy (non-hydrogen) atoms. The van der Waals surface area contributed by atoms with Crippen LogP contribution in [0.25, 0.3) is 0 Å². The normalized spacial score (nSPS) is 10.3. The lowest BCUT2D eigenvalue weighted by Crippen LogP contribution is -2.28. The van der Waals surface area contributed by atoms with E-state index in [1.807, 2.05) is 19.9 Å². The number of aryl methyl sites for hydroxylation is 2. The van der Waals surface area contributed by atoms with Crippen molar-refractivity contribution >= 4 is 35.0 Å². The molecule has 0 bridgehead atoms.